The summed E-state index contributed by atoms with van der Waals surface area (Å²) in [5, 5.41) is 0.795. The maximum absolute atomic E-state index is 11.1. The zero-order valence-electron chi connectivity index (χ0n) is 11.0. The van der Waals surface area contributed by atoms with E-state index in [2.05, 4.69) is 27.7 Å². The number of alkyl halides is 1. The lowest BCUT2D eigenvalue weighted by molar-refractivity contribution is -0.318. The summed E-state index contributed by atoms with van der Waals surface area (Å²) in [4.78, 5) is 20.8. The maximum atomic E-state index is 11.1. The van der Waals surface area contributed by atoms with Crippen molar-refractivity contribution in [2.24, 2.45) is 0 Å². The van der Waals surface area contributed by atoms with E-state index in [0.717, 1.165) is 37.4 Å². The third-order valence-electron chi connectivity index (χ3n) is 2.22. The predicted molar refractivity (Wildman–Crippen MR) is 70.2 cm³/mol. The third kappa shape index (κ3) is 10.6. The van der Waals surface area contributed by atoms with Gasteiger partial charge in [0.2, 0.25) is 0 Å². The first-order valence-corrected chi connectivity index (χ1v) is 7.22. The normalized spacial score (nSPS) is 11.3. The number of carbonyl (C=O) groups is 1. The molecule has 5 heteroatoms. The number of carbonyl (C=O) groups excluding carboxylic acids is 1. The van der Waals surface area contributed by atoms with Crippen LogP contribution in [0.4, 0.5) is 4.79 Å². The second kappa shape index (κ2) is 9.71. The maximum Gasteiger partial charge on any atom is 0.540 e. The SMILES string of the molecule is CCCCCC(C)(C)OOC(=O)OCCCBr. The van der Waals surface area contributed by atoms with E-state index in [-0.39, 0.29) is 0 Å². The molecular formula is C12H23BrO4. The molecule has 0 radical (unpaired) electrons. The molecule has 4 nitrogen and oxygen atoms in total. The van der Waals surface area contributed by atoms with Gasteiger partial charge >= 0.3 is 6.16 Å². The van der Waals surface area contributed by atoms with Gasteiger partial charge < -0.3 is 4.74 Å². The smallest absolute Gasteiger partial charge is 0.432 e. The second-order valence-electron chi connectivity index (χ2n) is 4.52. The molecular weight excluding hydrogens is 288 g/mol. The van der Waals surface area contributed by atoms with Crippen LogP contribution in [0.1, 0.15) is 52.9 Å². The molecule has 0 fully saturated rings. The third-order valence-corrected chi connectivity index (χ3v) is 2.78. The molecule has 0 heterocycles. The molecule has 102 valence electrons. The van der Waals surface area contributed by atoms with E-state index in [4.69, 9.17) is 9.62 Å². The van der Waals surface area contributed by atoms with Crippen molar-refractivity contribution in [3.8, 4) is 0 Å². The second-order valence-corrected chi connectivity index (χ2v) is 5.32. The Balaban J connectivity index is 3.65. The molecule has 17 heavy (non-hydrogen) atoms. The van der Waals surface area contributed by atoms with Crippen LogP contribution in [0.25, 0.3) is 0 Å². The molecule has 0 aromatic heterocycles. The lowest BCUT2D eigenvalue weighted by atomic mass is 10.0. The highest BCUT2D eigenvalue weighted by Crippen LogP contribution is 2.19. The summed E-state index contributed by atoms with van der Waals surface area (Å²) in [6.07, 6.45) is 4.22. The van der Waals surface area contributed by atoms with E-state index in [9.17, 15) is 4.79 Å². The zero-order valence-corrected chi connectivity index (χ0v) is 12.5. The number of halogens is 1. The summed E-state index contributed by atoms with van der Waals surface area (Å²) >= 11 is 3.24. The van der Waals surface area contributed by atoms with Crippen molar-refractivity contribution in [2.75, 3.05) is 11.9 Å². The predicted octanol–water partition coefficient (Wildman–Crippen LogP) is 4.22. The van der Waals surface area contributed by atoms with Crippen LogP contribution in [0, 0.1) is 0 Å². The number of ether oxygens (including phenoxy) is 1. The first kappa shape index (κ1) is 16.7. The van der Waals surface area contributed by atoms with Crippen molar-refractivity contribution in [3.63, 3.8) is 0 Å². The van der Waals surface area contributed by atoms with E-state index < -0.39 is 11.8 Å². The molecule has 0 saturated heterocycles. The standard InChI is InChI=1S/C12H23BrO4/c1-4-5-6-8-12(2,3)17-16-11(14)15-10-7-9-13/h4-10H2,1-3H3. The minimum atomic E-state index is -0.769. The van der Waals surface area contributed by atoms with Gasteiger partial charge in [0.15, 0.2) is 0 Å². The minimum Gasteiger partial charge on any atom is -0.432 e. The quantitative estimate of drug-likeness (QED) is 0.210. The summed E-state index contributed by atoms with van der Waals surface area (Å²) in [5.74, 6) is 0. The van der Waals surface area contributed by atoms with Gasteiger partial charge in [0.1, 0.15) is 5.60 Å². The van der Waals surface area contributed by atoms with Crippen LogP contribution < -0.4 is 0 Å². The van der Waals surface area contributed by atoms with Gasteiger partial charge in [0.25, 0.3) is 0 Å². The molecule has 0 N–H and O–H groups in total. The van der Waals surface area contributed by atoms with Gasteiger partial charge in [0.05, 0.1) is 6.61 Å². The van der Waals surface area contributed by atoms with Crippen LogP contribution in [-0.2, 0) is 14.5 Å². The Labute approximate surface area is 112 Å². The Morgan fingerprint density at radius 3 is 2.53 bits per heavy atom. The topological polar surface area (TPSA) is 44.8 Å². The van der Waals surface area contributed by atoms with E-state index in [1.54, 1.807) is 0 Å². The van der Waals surface area contributed by atoms with E-state index in [1.807, 2.05) is 13.8 Å². The lowest BCUT2D eigenvalue weighted by Gasteiger charge is -2.22. The molecule has 0 aliphatic rings. The minimum absolute atomic E-state index is 0.337. The van der Waals surface area contributed by atoms with Crippen molar-refractivity contribution < 1.29 is 19.3 Å². The van der Waals surface area contributed by atoms with Gasteiger partial charge in [-0.05, 0) is 26.7 Å². The Hall–Kier alpha value is -0.290. The van der Waals surface area contributed by atoms with E-state index >= 15 is 0 Å². The Morgan fingerprint density at radius 1 is 1.24 bits per heavy atom. The van der Waals surface area contributed by atoms with Gasteiger partial charge in [-0.1, -0.05) is 42.1 Å². The highest BCUT2D eigenvalue weighted by atomic mass is 79.9. The fourth-order valence-electron chi connectivity index (χ4n) is 1.22. The first-order chi connectivity index (χ1) is 8.02. The summed E-state index contributed by atoms with van der Waals surface area (Å²) in [5.41, 5.74) is -0.455. The average molecular weight is 311 g/mol. The highest BCUT2D eigenvalue weighted by Gasteiger charge is 2.22. The van der Waals surface area contributed by atoms with Crippen molar-refractivity contribution in [1.29, 1.82) is 0 Å². The monoisotopic (exact) mass is 310 g/mol. The van der Waals surface area contributed by atoms with Crippen LogP contribution in [0.15, 0.2) is 0 Å². The molecule has 0 rings (SSSR count). The van der Waals surface area contributed by atoms with Crippen LogP contribution in [0.5, 0.6) is 0 Å². The number of hydrogen-bond donors (Lipinski definition) is 0. The fraction of sp³-hybridized carbons (Fsp3) is 0.917. The summed E-state index contributed by atoms with van der Waals surface area (Å²) in [7, 11) is 0. The molecule has 0 aromatic rings. The van der Waals surface area contributed by atoms with Crippen LogP contribution in [-0.4, -0.2) is 23.7 Å². The average Bonchev–Trinajstić information content (AvgIpc) is 2.27. The highest BCUT2D eigenvalue weighted by molar-refractivity contribution is 9.09. The summed E-state index contributed by atoms with van der Waals surface area (Å²) in [6.45, 7) is 6.28. The van der Waals surface area contributed by atoms with Crippen molar-refractivity contribution in [2.45, 2.75) is 58.5 Å². The van der Waals surface area contributed by atoms with Crippen molar-refractivity contribution in [3.05, 3.63) is 0 Å². The van der Waals surface area contributed by atoms with Gasteiger partial charge in [-0.2, -0.15) is 4.89 Å². The fourth-order valence-corrected chi connectivity index (χ4v) is 1.45. The number of unbranched alkanes of at least 4 members (excludes halogenated alkanes) is 2. The number of hydrogen-bond acceptors (Lipinski definition) is 4. The number of rotatable bonds is 9. The van der Waals surface area contributed by atoms with Gasteiger partial charge in [-0.15, -0.1) is 0 Å². The van der Waals surface area contributed by atoms with Crippen molar-refractivity contribution >= 4 is 22.1 Å². The lowest BCUT2D eigenvalue weighted by Crippen LogP contribution is -2.26. The molecule has 0 aliphatic heterocycles. The summed E-state index contributed by atoms with van der Waals surface area (Å²) in [6, 6.07) is 0. The molecule has 0 amide bonds. The first-order valence-electron chi connectivity index (χ1n) is 6.10. The van der Waals surface area contributed by atoms with Crippen LogP contribution in [0.2, 0.25) is 0 Å². The van der Waals surface area contributed by atoms with Gasteiger partial charge in [-0.3, -0.25) is 4.89 Å². The molecule has 0 aromatic carbocycles. The molecule has 0 saturated carbocycles. The molecule has 0 atom stereocenters. The Bertz CT molecular complexity index is 207. The van der Waals surface area contributed by atoms with Crippen LogP contribution >= 0.6 is 15.9 Å². The van der Waals surface area contributed by atoms with Crippen molar-refractivity contribution in [1.82, 2.24) is 0 Å². The zero-order chi connectivity index (χ0) is 13.1. The van der Waals surface area contributed by atoms with Gasteiger partial charge in [0, 0.05) is 5.33 Å². The van der Waals surface area contributed by atoms with Gasteiger partial charge in [-0.25, -0.2) is 4.79 Å². The Morgan fingerprint density at radius 2 is 1.94 bits per heavy atom. The van der Waals surface area contributed by atoms with E-state index in [0.29, 0.717) is 6.61 Å². The summed E-state index contributed by atoms with van der Waals surface area (Å²) < 4.78 is 4.79. The molecule has 0 unspecified atom stereocenters. The van der Waals surface area contributed by atoms with E-state index in [1.165, 1.54) is 0 Å². The molecule has 0 bridgehead atoms. The molecule has 0 aliphatic carbocycles. The van der Waals surface area contributed by atoms with Crippen LogP contribution in [0.3, 0.4) is 0 Å². The molecule has 0 spiro atoms. The largest absolute Gasteiger partial charge is 0.540 e. The Kier molecular flexibility index (Phi) is 9.55.